The van der Waals surface area contributed by atoms with E-state index in [1.807, 2.05) is 30.3 Å². The summed E-state index contributed by atoms with van der Waals surface area (Å²) in [5.41, 5.74) is 2.37. The minimum absolute atomic E-state index is 0.283. The molecule has 0 spiro atoms. The molecule has 0 saturated heterocycles. The van der Waals surface area contributed by atoms with Crippen LogP contribution in [0.2, 0.25) is 15.1 Å². The fourth-order valence-electron chi connectivity index (χ4n) is 3.44. The van der Waals surface area contributed by atoms with Crippen molar-refractivity contribution in [3.05, 3.63) is 105 Å². The van der Waals surface area contributed by atoms with E-state index in [1.54, 1.807) is 53.4 Å². The largest absolute Gasteiger partial charge is 0.293 e. The van der Waals surface area contributed by atoms with Crippen molar-refractivity contribution in [2.45, 2.75) is 0 Å². The van der Waals surface area contributed by atoms with Gasteiger partial charge in [-0.25, -0.2) is 9.97 Å². The lowest BCUT2D eigenvalue weighted by Gasteiger charge is -2.14. The van der Waals surface area contributed by atoms with Crippen LogP contribution in [0.5, 0.6) is 0 Å². The lowest BCUT2D eigenvalue weighted by Crippen LogP contribution is -2.23. The molecule has 0 unspecified atom stereocenters. The number of benzene rings is 3. The smallest absolute Gasteiger partial charge is 0.285 e. The van der Waals surface area contributed by atoms with Gasteiger partial charge in [0.2, 0.25) is 0 Å². The predicted molar refractivity (Wildman–Crippen MR) is 125 cm³/mol. The minimum Gasteiger partial charge on any atom is -0.293 e. The topological polar surface area (TPSA) is 52.7 Å². The molecule has 0 bridgehead atoms. The summed E-state index contributed by atoms with van der Waals surface area (Å²) in [4.78, 5) is 22.9. The molecular formula is C23H13Cl3N4O. The Bertz CT molecular complexity index is 1480. The number of para-hydroxylation sites is 1. The molecule has 31 heavy (non-hydrogen) atoms. The average molecular weight is 468 g/mol. The molecule has 0 atom stereocenters. The summed E-state index contributed by atoms with van der Waals surface area (Å²) in [6.07, 6.45) is 1.59. The molecule has 2 aromatic heterocycles. The highest BCUT2D eigenvalue weighted by molar-refractivity contribution is 6.36. The molecule has 0 aliphatic rings. The number of hydrogen-bond acceptors (Lipinski definition) is 3. The lowest BCUT2D eigenvalue weighted by atomic mass is 10.2. The molecule has 3 aromatic carbocycles. The van der Waals surface area contributed by atoms with Gasteiger partial charge in [-0.1, -0.05) is 53.0 Å². The summed E-state index contributed by atoms with van der Waals surface area (Å²) in [6, 6.07) is 21.5. The standard InChI is InChI=1S/C23H13Cl3N4O/c24-14-6-9-17(10-7-14)30-22(18-11-8-15(25)12-19(18)26)28-21-20(23(30)31)29(13-27-21)16-4-2-1-3-5-16/h1-13H. The van der Waals surface area contributed by atoms with E-state index in [0.29, 0.717) is 43.3 Å². The normalized spacial score (nSPS) is 11.2. The number of aromatic nitrogens is 4. The van der Waals surface area contributed by atoms with Gasteiger partial charge < -0.3 is 0 Å². The van der Waals surface area contributed by atoms with E-state index in [0.717, 1.165) is 5.69 Å². The van der Waals surface area contributed by atoms with Crippen molar-refractivity contribution in [1.29, 1.82) is 0 Å². The Kier molecular flexibility index (Phi) is 5.02. The van der Waals surface area contributed by atoms with Crippen LogP contribution in [0, 0.1) is 0 Å². The molecule has 5 nitrogen and oxygen atoms in total. The Morgan fingerprint density at radius 3 is 2.19 bits per heavy atom. The van der Waals surface area contributed by atoms with Crippen molar-refractivity contribution in [2.24, 2.45) is 0 Å². The maximum atomic E-state index is 13.8. The maximum absolute atomic E-state index is 13.8. The van der Waals surface area contributed by atoms with Gasteiger partial charge in [0, 0.05) is 21.3 Å². The van der Waals surface area contributed by atoms with Crippen LogP contribution < -0.4 is 5.56 Å². The van der Waals surface area contributed by atoms with Crippen LogP contribution in [0.25, 0.3) is 33.9 Å². The summed E-state index contributed by atoms with van der Waals surface area (Å²) in [5, 5.41) is 1.43. The first-order valence-corrected chi connectivity index (χ1v) is 10.4. The molecule has 0 fully saturated rings. The van der Waals surface area contributed by atoms with Gasteiger partial charge in [-0.3, -0.25) is 13.9 Å². The Morgan fingerprint density at radius 1 is 0.774 bits per heavy atom. The zero-order valence-corrected chi connectivity index (χ0v) is 18.1. The number of fused-ring (bicyclic) bond motifs is 1. The van der Waals surface area contributed by atoms with Gasteiger partial charge in [-0.2, -0.15) is 0 Å². The molecule has 0 saturated carbocycles. The van der Waals surface area contributed by atoms with Crippen molar-refractivity contribution in [2.75, 3.05) is 0 Å². The van der Waals surface area contributed by atoms with E-state index in [4.69, 9.17) is 39.8 Å². The van der Waals surface area contributed by atoms with Gasteiger partial charge >= 0.3 is 0 Å². The second-order valence-electron chi connectivity index (χ2n) is 6.80. The quantitative estimate of drug-likeness (QED) is 0.317. The van der Waals surface area contributed by atoms with E-state index >= 15 is 0 Å². The Morgan fingerprint density at radius 2 is 1.48 bits per heavy atom. The highest BCUT2D eigenvalue weighted by atomic mass is 35.5. The molecule has 0 radical (unpaired) electrons. The summed E-state index contributed by atoms with van der Waals surface area (Å²) in [5.74, 6) is 0.361. The van der Waals surface area contributed by atoms with Crippen LogP contribution in [-0.4, -0.2) is 19.1 Å². The number of imidazole rings is 1. The molecule has 0 aliphatic carbocycles. The molecule has 152 valence electrons. The van der Waals surface area contributed by atoms with E-state index in [-0.39, 0.29) is 5.56 Å². The second-order valence-corrected chi connectivity index (χ2v) is 8.08. The fourth-order valence-corrected chi connectivity index (χ4v) is 4.06. The Balaban J connectivity index is 1.88. The number of rotatable bonds is 3. The third-order valence-corrected chi connectivity index (χ3v) is 5.67. The molecule has 0 aliphatic heterocycles. The van der Waals surface area contributed by atoms with Gasteiger partial charge in [-0.05, 0) is 54.6 Å². The molecule has 0 N–H and O–H groups in total. The molecular weight excluding hydrogens is 455 g/mol. The molecule has 5 rings (SSSR count). The van der Waals surface area contributed by atoms with Crippen molar-refractivity contribution in [1.82, 2.24) is 19.1 Å². The molecule has 0 amide bonds. The van der Waals surface area contributed by atoms with Crippen LogP contribution in [0.1, 0.15) is 0 Å². The highest BCUT2D eigenvalue weighted by Gasteiger charge is 2.20. The third-order valence-electron chi connectivity index (χ3n) is 4.87. The monoisotopic (exact) mass is 466 g/mol. The molecule has 8 heteroatoms. The highest BCUT2D eigenvalue weighted by Crippen LogP contribution is 2.31. The average Bonchev–Trinajstić information content (AvgIpc) is 3.20. The van der Waals surface area contributed by atoms with Crippen molar-refractivity contribution < 1.29 is 0 Å². The maximum Gasteiger partial charge on any atom is 0.285 e. The van der Waals surface area contributed by atoms with E-state index in [1.165, 1.54) is 4.57 Å². The van der Waals surface area contributed by atoms with Gasteiger partial charge in [0.15, 0.2) is 17.0 Å². The summed E-state index contributed by atoms with van der Waals surface area (Å²) in [7, 11) is 0. The Labute approximate surface area is 192 Å². The fraction of sp³-hybridized carbons (Fsp3) is 0. The van der Waals surface area contributed by atoms with Gasteiger partial charge in [0.25, 0.3) is 5.56 Å². The first kappa shape index (κ1) is 19.8. The zero-order valence-electron chi connectivity index (χ0n) is 15.8. The van der Waals surface area contributed by atoms with Crippen molar-refractivity contribution in [3.8, 4) is 22.8 Å². The summed E-state index contributed by atoms with van der Waals surface area (Å²) < 4.78 is 3.24. The SMILES string of the molecule is O=c1c2c(ncn2-c2ccccc2)nc(-c2ccc(Cl)cc2Cl)n1-c1ccc(Cl)cc1. The number of hydrogen-bond donors (Lipinski definition) is 0. The van der Waals surface area contributed by atoms with E-state index in [9.17, 15) is 4.79 Å². The van der Waals surface area contributed by atoms with Crippen LogP contribution in [0.4, 0.5) is 0 Å². The predicted octanol–water partition coefficient (Wildman–Crippen LogP) is 6.20. The first-order chi connectivity index (χ1) is 15.0. The van der Waals surface area contributed by atoms with E-state index < -0.39 is 0 Å². The van der Waals surface area contributed by atoms with Crippen LogP contribution in [0.15, 0.2) is 83.9 Å². The van der Waals surface area contributed by atoms with Crippen LogP contribution in [0.3, 0.4) is 0 Å². The van der Waals surface area contributed by atoms with Crippen molar-refractivity contribution in [3.63, 3.8) is 0 Å². The second kappa shape index (κ2) is 7.85. The first-order valence-electron chi connectivity index (χ1n) is 9.30. The summed E-state index contributed by atoms with van der Waals surface area (Å²) in [6.45, 7) is 0. The number of halogens is 3. The lowest BCUT2D eigenvalue weighted by molar-refractivity contribution is 0.959. The van der Waals surface area contributed by atoms with Crippen LogP contribution >= 0.6 is 34.8 Å². The number of nitrogens with zero attached hydrogens (tertiary/aromatic N) is 4. The van der Waals surface area contributed by atoms with Gasteiger partial charge in [0.1, 0.15) is 6.33 Å². The minimum atomic E-state index is -0.283. The van der Waals surface area contributed by atoms with E-state index in [2.05, 4.69) is 4.98 Å². The van der Waals surface area contributed by atoms with Gasteiger partial charge in [0.05, 0.1) is 10.7 Å². The Hall–Kier alpha value is -3.12. The molecule has 5 aromatic rings. The van der Waals surface area contributed by atoms with Crippen molar-refractivity contribution >= 4 is 46.0 Å². The van der Waals surface area contributed by atoms with Gasteiger partial charge in [-0.15, -0.1) is 0 Å². The summed E-state index contributed by atoms with van der Waals surface area (Å²) >= 11 is 18.6. The zero-order chi connectivity index (χ0) is 21.5. The van der Waals surface area contributed by atoms with Crippen LogP contribution in [-0.2, 0) is 0 Å². The molecule has 2 heterocycles. The third kappa shape index (κ3) is 3.51.